The average molecular weight is 387 g/mol. The Morgan fingerprint density at radius 2 is 1.52 bits per heavy atom. The van der Waals surface area contributed by atoms with Crippen molar-refractivity contribution >= 4 is 7.60 Å². The molecule has 1 heterocycles. The van der Waals surface area contributed by atoms with E-state index in [0.29, 0.717) is 13.2 Å². The van der Waals surface area contributed by atoms with Crippen molar-refractivity contribution in [3.63, 3.8) is 0 Å². The van der Waals surface area contributed by atoms with Gasteiger partial charge in [0.2, 0.25) is 0 Å². The molecule has 1 aliphatic heterocycles. The Kier molecular flexibility index (Phi) is 10.6. The maximum atomic E-state index is 10.9. The fourth-order valence-corrected chi connectivity index (χ4v) is 3.20. The number of rotatable bonds is 12. The zero-order chi connectivity index (χ0) is 18.9. The van der Waals surface area contributed by atoms with Crippen LogP contribution < -0.4 is 5.90 Å². The molecule has 0 aromatic rings. The second kappa shape index (κ2) is 11.6. The van der Waals surface area contributed by atoms with E-state index >= 15 is 0 Å². The van der Waals surface area contributed by atoms with Gasteiger partial charge in [0.1, 0.15) is 18.3 Å². The van der Waals surface area contributed by atoms with Crippen molar-refractivity contribution in [3.8, 4) is 0 Å². The van der Waals surface area contributed by atoms with Crippen molar-refractivity contribution in [2.75, 3.05) is 19.4 Å². The zero-order valence-electron chi connectivity index (χ0n) is 14.1. The molecule has 150 valence electrons. The normalized spacial score (nSPS) is 30.6. The molecule has 0 aromatic carbocycles. The summed E-state index contributed by atoms with van der Waals surface area (Å²) in [6.45, 7) is 0.817. The van der Waals surface area contributed by atoms with Gasteiger partial charge in [-0.1, -0.05) is 19.3 Å². The lowest BCUT2D eigenvalue weighted by Gasteiger charge is -2.40. The molecular weight excluding hydrogens is 357 g/mol. The van der Waals surface area contributed by atoms with Crippen molar-refractivity contribution in [1.29, 1.82) is 0 Å². The summed E-state index contributed by atoms with van der Waals surface area (Å²) >= 11 is 0. The molecule has 10 nitrogen and oxygen atoms in total. The summed E-state index contributed by atoms with van der Waals surface area (Å²) in [6, 6.07) is 0. The van der Waals surface area contributed by atoms with Crippen LogP contribution in [0.25, 0.3) is 0 Å². The summed E-state index contributed by atoms with van der Waals surface area (Å²) in [7, 11) is -4.25. The van der Waals surface area contributed by atoms with Gasteiger partial charge in [0, 0.05) is 6.61 Å². The van der Waals surface area contributed by atoms with Crippen LogP contribution in [0.2, 0.25) is 0 Å². The van der Waals surface area contributed by atoms with Gasteiger partial charge in [0.25, 0.3) is 0 Å². The van der Waals surface area contributed by atoms with E-state index in [1.165, 1.54) is 0 Å². The highest BCUT2D eigenvalue weighted by Crippen LogP contribution is 2.37. The first-order valence-electron chi connectivity index (χ1n) is 8.44. The van der Waals surface area contributed by atoms with Gasteiger partial charge in [0.05, 0.1) is 18.9 Å². The Balaban J connectivity index is 2.33. The molecule has 0 saturated carbocycles. The number of nitrogens with two attached hydrogens (primary N) is 1. The third-order valence-corrected chi connectivity index (χ3v) is 4.90. The summed E-state index contributed by atoms with van der Waals surface area (Å²) in [4.78, 5) is 22.3. The Morgan fingerprint density at radius 1 is 0.920 bits per heavy atom. The third kappa shape index (κ3) is 8.87. The Labute approximate surface area is 147 Å². The lowest BCUT2D eigenvalue weighted by Crippen LogP contribution is -2.58. The molecule has 5 unspecified atom stereocenters. The summed E-state index contributed by atoms with van der Waals surface area (Å²) in [5.74, 6) is 4.92. The van der Waals surface area contributed by atoms with Crippen molar-refractivity contribution in [2.45, 2.75) is 69.2 Å². The predicted octanol–water partition coefficient (Wildman–Crippen LogP) is -0.781. The minimum atomic E-state index is -4.25. The summed E-state index contributed by atoms with van der Waals surface area (Å²) in [5.41, 5.74) is 0. The molecule has 0 amide bonds. The smallest absolute Gasteiger partial charge is 0.325 e. The van der Waals surface area contributed by atoms with Crippen molar-refractivity contribution in [2.24, 2.45) is 5.90 Å². The topological polar surface area (TPSA) is 172 Å². The maximum Gasteiger partial charge on any atom is 0.325 e. The van der Waals surface area contributed by atoms with Crippen LogP contribution in [0, 0.1) is 0 Å². The highest BCUT2D eigenvalue weighted by atomic mass is 31.2. The summed E-state index contributed by atoms with van der Waals surface area (Å²) in [5, 5.41) is 29.7. The fourth-order valence-electron chi connectivity index (χ4n) is 2.61. The molecule has 11 heteroatoms. The van der Waals surface area contributed by atoms with Gasteiger partial charge in [-0.05, 0) is 19.3 Å². The maximum absolute atomic E-state index is 10.9. The van der Waals surface area contributed by atoms with Crippen LogP contribution in [0.3, 0.4) is 0 Å². The van der Waals surface area contributed by atoms with Crippen molar-refractivity contribution < 1.29 is 44.0 Å². The van der Waals surface area contributed by atoms with Gasteiger partial charge in [-0.3, -0.25) is 4.57 Å². The molecule has 1 saturated heterocycles. The Bertz CT molecular complexity index is 408. The number of unbranched alkanes of at least 4 members (excludes halogenated alkanes) is 4. The Hall–Kier alpha value is -0.130. The van der Waals surface area contributed by atoms with E-state index in [4.69, 9.17) is 25.2 Å². The highest BCUT2D eigenvalue weighted by Gasteiger charge is 2.44. The second-order valence-corrected chi connectivity index (χ2v) is 7.98. The molecule has 0 bridgehead atoms. The molecule has 1 fully saturated rings. The minimum Gasteiger partial charge on any atom is -0.388 e. The van der Waals surface area contributed by atoms with E-state index in [0.717, 1.165) is 32.1 Å². The first-order chi connectivity index (χ1) is 11.8. The first-order valence-corrected chi connectivity index (χ1v) is 10.2. The van der Waals surface area contributed by atoms with Crippen molar-refractivity contribution in [1.82, 2.24) is 0 Å². The van der Waals surface area contributed by atoms with Crippen LogP contribution in [-0.2, 0) is 18.9 Å². The average Bonchev–Trinajstić information content (AvgIpc) is 2.55. The number of aliphatic hydroxyl groups excluding tert-OH is 3. The quantitative estimate of drug-likeness (QED) is 0.142. The van der Waals surface area contributed by atoms with E-state index < -0.39 is 44.5 Å². The molecule has 25 heavy (non-hydrogen) atoms. The first kappa shape index (κ1) is 22.9. The van der Waals surface area contributed by atoms with Crippen molar-refractivity contribution in [3.05, 3.63) is 0 Å². The van der Waals surface area contributed by atoms with Gasteiger partial charge in [-0.15, -0.1) is 0 Å². The van der Waals surface area contributed by atoms with E-state index in [9.17, 15) is 19.9 Å². The monoisotopic (exact) mass is 387 g/mol. The van der Waals surface area contributed by atoms with E-state index in [1.54, 1.807) is 0 Å². The van der Waals surface area contributed by atoms with Gasteiger partial charge in [0.15, 0.2) is 6.29 Å². The number of hydrogen-bond acceptors (Lipinski definition) is 8. The molecule has 1 aliphatic rings. The Morgan fingerprint density at radius 3 is 2.12 bits per heavy atom. The van der Waals surface area contributed by atoms with Gasteiger partial charge < -0.3 is 39.4 Å². The number of hydrogen-bond donors (Lipinski definition) is 6. The van der Waals surface area contributed by atoms with Crippen LogP contribution in [-0.4, -0.2) is 75.2 Å². The second-order valence-electron chi connectivity index (χ2n) is 6.20. The highest BCUT2D eigenvalue weighted by molar-refractivity contribution is 7.51. The van der Waals surface area contributed by atoms with Gasteiger partial charge >= 0.3 is 7.60 Å². The molecule has 1 rings (SSSR count). The van der Waals surface area contributed by atoms with Crippen LogP contribution >= 0.6 is 7.60 Å². The molecule has 0 aliphatic carbocycles. The number of aliphatic hydroxyl groups is 3. The fraction of sp³-hybridized carbons (Fsp3) is 1.00. The molecule has 0 aromatic heterocycles. The molecule has 5 atom stereocenters. The molecule has 0 spiro atoms. The zero-order valence-corrected chi connectivity index (χ0v) is 15.0. The summed E-state index contributed by atoms with van der Waals surface area (Å²) in [6.07, 6.45) is -2.71. The largest absolute Gasteiger partial charge is 0.388 e. The molecule has 7 N–H and O–H groups in total. The van der Waals surface area contributed by atoms with Crippen LogP contribution in [0.15, 0.2) is 0 Å². The minimum absolute atomic E-state index is 0.154. The van der Waals surface area contributed by atoms with Crippen LogP contribution in [0.1, 0.15) is 38.5 Å². The third-order valence-electron chi connectivity index (χ3n) is 4.06. The lowest BCUT2D eigenvalue weighted by atomic mass is 9.97. The van der Waals surface area contributed by atoms with Gasteiger partial charge in [-0.2, -0.15) is 0 Å². The number of ether oxygens (including phenoxy) is 2. The molecular formula is C14H30NO9P. The summed E-state index contributed by atoms with van der Waals surface area (Å²) < 4.78 is 21.7. The SMILES string of the molecule is NOCCCCCCCOC1OC(CCP(=O)(O)O)C(O)C(O)C1O. The van der Waals surface area contributed by atoms with Crippen LogP contribution in [0.4, 0.5) is 0 Å². The predicted molar refractivity (Wildman–Crippen MR) is 87.4 cm³/mol. The van der Waals surface area contributed by atoms with E-state index in [2.05, 4.69) is 4.84 Å². The standard InChI is InChI=1S/C14H30NO9P/c15-23-8-5-3-1-2-4-7-22-14-13(18)12(17)11(16)10(24-14)6-9-25(19,20)21/h10-14,16-18H,1-9,15H2,(H2,19,20,21). The lowest BCUT2D eigenvalue weighted by molar-refractivity contribution is -0.297. The van der Waals surface area contributed by atoms with E-state index in [1.807, 2.05) is 0 Å². The van der Waals surface area contributed by atoms with E-state index in [-0.39, 0.29) is 6.42 Å². The van der Waals surface area contributed by atoms with Crippen LogP contribution in [0.5, 0.6) is 0 Å². The van der Waals surface area contributed by atoms with Gasteiger partial charge in [-0.25, -0.2) is 5.90 Å². The molecule has 0 radical (unpaired) electrons.